The second-order valence-electron chi connectivity index (χ2n) is 15.0. The van der Waals surface area contributed by atoms with E-state index in [1.807, 2.05) is 0 Å². The van der Waals surface area contributed by atoms with Gasteiger partial charge in [-0.3, -0.25) is 0 Å². The summed E-state index contributed by atoms with van der Waals surface area (Å²) in [6.07, 6.45) is -47.3. The van der Waals surface area contributed by atoms with Crippen molar-refractivity contribution < 1.29 is 134 Å². The van der Waals surface area contributed by atoms with Crippen LogP contribution in [0, 0.1) is 0 Å². The third kappa shape index (κ3) is 10.8. The van der Waals surface area contributed by atoms with Crippen molar-refractivity contribution >= 4 is 5.97 Å². The molecule has 5 fully saturated rings. The smallest absolute Gasteiger partial charge is 0.335 e. The van der Waals surface area contributed by atoms with E-state index in [0.29, 0.717) is 6.42 Å². The summed E-state index contributed by atoms with van der Waals surface area (Å²) in [6.45, 7) is -3.42. The normalized spacial score (nSPS) is 49.7. The lowest BCUT2D eigenvalue weighted by Crippen LogP contribution is -2.68. The van der Waals surface area contributed by atoms with Crippen molar-refractivity contribution in [3.8, 4) is 0 Å². The fraction of sp³-hybridized carbons (Fsp3) is 0.970. The van der Waals surface area contributed by atoms with Gasteiger partial charge in [-0.2, -0.15) is 0 Å². The molecule has 5 aliphatic heterocycles. The number of rotatable bonds is 17. The van der Waals surface area contributed by atoms with Crippen molar-refractivity contribution in [2.24, 2.45) is 5.73 Å². The Kier molecular flexibility index (Phi) is 18.3. The SMILES string of the molecule is NCCCO[C@@H]1OC(CO)[C@@H](O[C@@H]2OC(C(=O)O)[C@@H](O[C@H]3OC(CO)[C@H](O[C@H]4OC(CO)[C@@H](O[C@@H]5OC(CO)[C@@H](O)C(O)C5O)C(O)C4O)C(O)C3O)C(O)C2O)C(O)C1O. The van der Waals surface area contributed by atoms with Crippen LogP contribution in [0.25, 0.3) is 0 Å². The summed E-state index contributed by atoms with van der Waals surface area (Å²) < 4.78 is 54.7. The molecule has 356 valence electrons. The van der Waals surface area contributed by atoms with Gasteiger partial charge in [0.05, 0.1) is 33.0 Å². The Morgan fingerprint density at radius 1 is 0.426 bits per heavy atom. The summed E-state index contributed by atoms with van der Waals surface area (Å²) in [5, 5.41) is 168. The molecule has 18 N–H and O–H groups in total. The Morgan fingerprint density at radius 3 is 1.15 bits per heavy atom. The van der Waals surface area contributed by atoms with Gasteiger partial charge in [-0.05, 0) is 13.0 Å². The molecular formula is C33H57NO27. The van der Waals surface area contributed by atoms with Crippen molar-refractivity contribution in [3.05, 3.63) is 0 Å². The number of hydrogen-bond donors (Lipinski definition) is 17. The highest BCUT2D eigenvalue weighted by atomic mass is 16.8. The molecule has 0 amide bonds. The number of ether oxygens (including phenoxy) is 10. The number of nitrogens with two attached hydrogens (primary N) is 1. The van der Waals surface area contributed by atoms with Crippen LogP contribution in [0.2, 0.25) is 0 Å². The van der Waals surface area contributed by atoms with Crippen LogP contribution in [0.4, 0.5) is 0 Å². The fourth-order valence-electron chi connectivity index (χ4n) is 7.41. The molecule has 25 atom stereocenters. The largest absolute Gasteiger partial charge is 0.479 e. The van der Waals surface area contributed by atoms with Crippen LogP contribution in [0.1, 0.15) is 6.42 Å². The summed E-state index contributed by atoms with van der Waals surface area (Å²) in [5.74, 6) is -1.84. The summed E-state index contributed by atoms with van der Waals surface area (Å²) in [4.78, 5) is 12.4. The summed E-state index contributed by atoms with van der Waals surface area (Å²) >= 11 is 0. The predicted octanol–water partition coefficient (Wildman–Crippen LogP) is -11.5. The number of aliphatic hydroxyl groups excluding tert-OH is 15. The molecule has 0 saturated carbocycles. The van der Waals surface area contributed by atoms with Crippen molar-refractivity contribution in [1.82, 2.24) is 0 Å². The van der Waals surface area contributed by atoms with Crippen molar-refractivity contribution in [2.75, 3.05) is 39.6 Å². The van der Waals surface area contributed by atoms with Crippen LogP contribution in [0.5, 0.6) is 0 Å². The van der Waals surface area contributed by atoms with E-state index >= 15 is 0 Å². The molecule has 0 spiro atoms. The second kappa shape index (κ2) is 22.1. The van der Waals surface area contributed by atoms with Crippen LogP contribution in [0.15, 0.2) is 0 Å². The molecule has 0 aromatic rings. The van der Waals surface area contributed by atoms with Gasteiger partial charge in [0.2, 0.25) is 0 Å². The first kappa shape index (κ1) is 50.4. The molecule has 28 nitrogen and oxygen atoms in total. The Balaban J connectivity index is 1.23. The first-order chi connectivity index (χ1) is 28.9. The molecule has 5 saturated heterocycles. The maximum Gasteiger partial charge on any atom is 0.335 e. The minimum absolute atomic E-state index is 0.0129. The molecule has 15 unspecified atom stereocenters. The topological polar surface area (TPSA) is 459 Å². The van der Waals surface area contributed by atoms with Gasteiger partial charge < -0.3 is 135 Å². The molecule has 0 aliphatic carbocycles. The number of aliphatic hydroxyl groups is 15. The first-order valence-corrected chi connectivity index (χ1v) is 19.3. The Bertz CT molecular complexity index is 1350. The average Bonchev–Trinajstić information content (AvgIpc) is 3.24. The van der Waals surface area contributed by atoms with E-state index in [1.54, 1.807) is 0 Å². The van der Waals surface area contributed by atoms with E-state index in [1.165, 1.54) is 0 Å². The molecule has 0 radical (unpaired) electrons. The van der Waals surface area contributed by atoms with Crippen molar-refractivity contribution in [2.45, 2.75) is 160 Å². The Labute approximate surface area is 345 Å². The highest BCUT2D eigenvalue weighted by Crippen LogP contribution is 2.36. The number of carbonyl (C=O) groups is 1. The minimum Gasteiger partial charge on any atom is -0.479 e. The monoisotopic (exact) mass is 899 g/mol. The molecule has 61 heavy (non-hydrogen) atoms. The Morgan fingerprint density at radius 2 is 0.754 bits per heavy atom. The van der Waals surface area contributed by atoms with Gasteiger partial charge in [0, 0.05) is 0 Å². The fourth-order valence-corrected chi connectivity index (χ4v) is 7.41. The lowest BCUT2D eigenvalue weighted by Gasteiger charge is -2.49. The third-order valence-corrected chi connectivity index (χ3v) is 10.9. The standard InChI is InChI=1S/C33H57NO27/c34-2-1-3-52-29-19(46)14(41)23(9(5-36)54-29)59-33-22(49)17(44)26(27(61-33)28(50)51)60-32-21(48)16(43)25(11(7-38)56-32)58-31-20(47)15(42)24(10(6-37)55-31)57-30-18(45)13(40)12(39)8(4-35)53-30/h8-27,29-33,35-49H,1-7,34H2,(H,50,51)/t8?,9?,10?,11?,12-,13?,14?,15?,16?,17?,18?,19?,20?,21?,22?,23-,24-,25+,26+,27?,29-,30+,31-,32-,33-/m1/s1. The quantitative estimate of drug-likeness (QED) is 0.0603. The van der Waals surface area contributed by atoms with Crippen LogP contribution < -0.4 is 5.73 Å². The molecule has 28 heteroatoms. The van der Waals surface area contributed by atoms with Gasteiger partial charge in [0.25, 0.3) is 0 Å². The maximum atomic E-state index is 12.4. The predicted molar refractivity (Wildman–Crippen MR) is 184 cm³/mol. The van der Waals surface area contributed by atoms with E-state index in [9.17, 15) is 86.5 Å². The zero-order valence-corrected chi connectivity index (χ0v) is 32.1. The lowest BCUT2D eigenvalue weighted by atomic mass is 9.95. The number of carboxylic acids is 1. The number of aliphatic carboxylic acids is 1. The van der Waals surface area contributed by atoms with E-state index in [4.69, 9.17) is 53.1 Å². The molecule has 5 heterocycles. The van der Waals surface area contributed by atoms with E-state index in [0.717, 1.165) is 0 Å². The van der Waals surface area contributed by atoms with Gasteiger partial charge >= 0.3 is 5.97 Å². The molecule has 0 aromatic heterocycles. The minimum atomic E-state index is -2.26. The highest BCUT2D eigenvalue weighted by molar-refractivity contribution is 5.73. The maximum absolute atomic E-state index is 12.4. The molecule has 0 aromatic carbocycles. The van der Waals surface area contributed by atoms with Gasteiger partial charge in [0.15, 0.2) is 37.6 Å². The van der Waals surface area contributed by atoms with Crippen LogP contribution in [-0.2, 0) is 52.2 Å². The molecule has 0 bridgehead atoms. The zero-order valence-electron chi connectivity index (χ0n) is 32.1. The van der Waals surface area contributed by atoms with Crippen LogP contribution in [-0.4, -0.2) is 281 Å². The highest BCUT2D eigenvalue weighted by Gasteiger charge is 2.57. The van der Waals surface area contributed by atoms with Gasteiger partial charge in [-0.15, -0.1) is 0 Å². The van der Waals surface area contributed by atoms with Crippen LogP contribution in [0.3, 0.4) is 0 Å². The van der Waals surface area contributed by atoms with Gasteiger partial charge in [-0.1, -0.05) is 0 Å². The van der Waals surface area contributed by atoms with Gasteiger partial charge in [-0.25, -0.2) is 4.79 Å². The number of hydrogen-bond acceptors (Lipinski definition) is 27. The van der Waals surface area contributed by atoms with E-state index in [-0.39, 0.29) is 13.2 Å². The van der Waals surface area contributed by atoms with Gasteiger partial charge in [0.1, 0.15) is 116 Å². The Hall–Kier alpha value is -1.57. The lowest BCUT2D eigenvalue weighted by molar-refractivity contribution is -0.391. The molecule has 5 rings (SSSR count). The third-order valence-electron chi connectivity index (χ3n) is 10.9. The van der Waals surface area contributed by atoms with E-state index < -0.39 is 186 Å². The summed E-state index contributed by atoms with van der Waals surface area (Å²) in [5.41, 5.74) is 5.42. The second-order valence-corrected chi connectivity index (χ2v) is 15.0. The summed E-state index contributed by atoms with van der Waals surface area (Å²) in [7, 11) is 0. The molecule has 5 aliphatic rings. The summed E-state index contributed by atoms with van der Waals surface area (Å²) in [6, 6.07) is 0. The zero-order chi connectivity index (χ0) is 45.0. The number of carboxylic acid groups (broad SMARTS) is 1. The van der Waals surface area contributed by atoms with Crippen LogP contribution >= 0.6 is 0 Å². The van der Waals surface area contributed by atoms with Crippen molar-refractivity contribution in [3.63, 3.8) is 0 Å². The van der Waals surface area contributed by atoms with Crippen molar-refractivity contribution in [1.29, 1.82) is 0 Å². The molecular weight excluding hydrogens is 842 g/mol. The first-order valence-electron chi connectivity index (χ1n) is 19.3. The van der Waals surface area contributed by atoms with E-state index in [2.05, 4.69) is 0 Å². The average molecular weight is 900 g/mol.